The van der Waals surface area contributed by atoms with Gasteiger partial charge < -0.3 is 10.6 Å². The van der Waals surface area contributed by atoms with Crippen LogP contribution >= 0.6 is 24.8 Å². The van der Waals surface area contributed by atoms with Crippen LogP contribution in [-0.2, 0) is 0 Å². The third kappa shape index (κ3) is 6.18. The zero-order valence-electron chi connectivity index (χ0n) is 11.9. The van der Waals surface area contributed by atoms with Crippen molar-refractivity contribution in [1.29, 1.82) is 5.41 Å². The quantitative estimate of drug-likeness (QED) is 0.512. The maximum Gasteiger partial charge on any atom is 0.197 e. The van der Waals surface area contributed by atoms with Gasteiger partial charge in [0, 0.05) is 13.1 Å². The molecule has 2 rings (SSSR count). The predicted octanol–water partition coefficient (Wildman–Crippen LogP) is 2.49. The fraction of sp³-hybridized carbons (Fsp3) is 0.846. The van der Waals surface area contributed by atoms with E-state index in [4.69, 9.17) is 11.1 Å². The molecule has 1 aliphatic heterocycles. The lowest BCUT2D eigenvalue weighted by atomic mass is 9.96. The van der Waals surface area contributed by atoms with Crippen molar-refractivity contribution in [3.63, 3.8) is 0 Å². The van der Waals surface area contributed by atoms with Crippen LogP contribution in [0.5, 0.6) is 0 Å². The summed E-state index contributed by atoms with van der Waals surface area (Å²) in [5.41, 5.74) is 5.88. The molecule has 0 radical (unpaired) electrons. The Morgan fingerprint density at radius 2 is 1.55 bits per heavy atom. The minimum absolute atomic E-state index is 0. The van der Waals surface area contributed by atoms with E-state index in [0.29, 0.717) is 18.0 Å². The third-order valence-corrected chi connectivity index (χ3v) is 3.82. The van der Waals surface area contributed by atoms with Gasteiger partial charge >= 0.3 is 0 Å². The van der Waals surface area contributed by atoms with E-state index in [2.05, 4.69) is 10.3 Å². The first kappa shape index (κ1) is 19.3. The molecule has 0 unspecified atom stereocenters. The van der Waals surface area contributed by atoms with Crippen LogP contribution in [0.1, 0.15) is 51.4 Å². The largest absolute Gasteiger partial charge is 0.370 e. The average Bonchev–Trinajstić information content (AvgIpc) is 2.40. The van der Waals surface area contributed by atoms with E-state index in [0.717, 1.165) is 25.9 Å². The first-order valence-electron chi connectivity index (χ1n) is 7.19. The summed E-state index contributed by atoms with van der Waals surface area (Å²) in [4.78, 5) is 6.53. The van der Waals surface area contributed by atoms with E-state index in [1.54, 1.807) is 0 Å². The van der Waals surface area contributed by atoms with E-state index in [9.17, 15) is 0 Å². The smallest absolute Gasteiger partial charge is 0.197 e. The molecule has 1 heterocycles. The second-order valence-corrected chi connectivity index (χ2v) is 5.33. The van der Waals surface area contributed by atoms with Gasteiger partial charge in [0.2, 0.25) is 0 Å². The molecule has 1 aliphatic carbocycles. The summed E-state index contributed by atoms with van der Waals surface area (Å²) in [6.45, 7) is 1.92. The van der Waals surface area contributed by atoms with Gasteiger partial charge in [0.1, 0.15) is 0 Å². The van der Waals surface area contributed by atoms with Crippen LogP contribution in [0, 0.1) is 5.41 Å². The number of nitrogens with one attached hydrogen (secondary N) is 2. The van der Waals surface area contributed by atoms with Crippen LogP contribution in [0.25, 0.3) is 0 Å². The molecular formula is C13H27Cl2N5. The zero-order chi connectivity index (χ0) is 12.8. The molecule has 4 N–H and O–H groups in total. The van der Waals surface area contributed by atoms with E-state index in [-0.39, 0.29) is 24.8 Å². The summed E-state index contributed by atoms with van der Waals surface area (Å²) in [6.07, 6.45) is 9.72. The lowest BCUT2D eigenvalue weighted by Crippen LogP contribution is -2.48. The second-order valence-electron chi connectivity index (χ2n) is 5.33. The van der Waals surface area contributed by atoms with Crippen LogP contribution in [0.4, 0.5) is 0 Å². The van der Waals surface area contributed by atoms with Gasteiger partial charge in [-0.25, -0.2) is 4.99 Å². The molecule has 0 spiro atoms. The monoisotopic (exact) mass is 323 g/mol. The van der Waals surface area contributed by atoms with Crippen LogP contribution < -0.4 is 11.1 Å². The van der Waals surface area contributed by atoms with Gasteiger partial charge in [-0.2, -0.15) is 0 Å². The molecule has 0 aromatic heterocycles. The Morgan fingerprint density at radius 1 is 1.00 bits per heavy atom. The highest BCUT2D eigenvalue weighted by molar-refractivity contribution is 5.96. The lowest BCUT2D eigenvalue weighted by Gasteiger charge is -2.29. The molecule has 2 aliphatic rings. The van der Waals surface area contributed by atoms with Crippen molar-refractivity contribution in [3.05, 3.63) is 0 Å². The van der Waals surface area contributed by atoms with Crippen molar-refractivity contribution in [2.45, 2.75) is 57.4 Å². The first-order chi connectivity index (χ1) is 8.75. The van der Waals surface area contributed by atoms with E-state index in [1.807, 2.05) is 4.90 Å². The minimum atomic E-state index is 0. The van der Waals surface area contributed by atoms with Crippen molar-refractivity contribution < 1.29 is 0 Å². The van der Waals surface area contributed by atoms with E-state index < -0.39 is 0 Å². The van der Waals surface area contributed by atoms with Crippen molar-refractivity contribution in [2.24, 2.45) is 10.7 Å². The number of likely N-dealkylation sites (tertiary alicyclic amines) is 1. The number of piperidine rings is 1. The molecule has 118 valence electrons. The number of aliphatic imine (C=N–C) groups is 1. The highest BCUT2D eigenvalue weighted by atomic mass is 35.5. The summed E-state index contributed by atoms with van der Waals surface area (Å²) in [5, 5.41) is 10.9. The molecule has 5 nitrogen and oxygen atoms in total. The molecule has 1 saturated heterocycles. The van der Waals surface area contributed by atoms with Crippen molar-refractivity contribution in [3.8, 4) is 0 Å². The van der Waals surface area contributed by atoms with Gasteiger partial charge in [0.05, 0.1) is 6.04 Å². The number of halogens is 2. The fourth-order valence-electron chi connectivity index (χ4n) is 2.76. The van der Waals surface area contributed by atoms with Crippen molar-refractivity contribution in [1.82, 2.24) is 10.2 Å². The normalized spacial score (nSPS) is 20.6. The van der Waals surface area contributed by atoms with E-state index in [1.165, 1.54) is 38.5 Å². The van der Waals surface area contributed by atoms with Gasteiger partial charge in [-0.1, -0.05) is 19.3 Å². The van der Waals surface area contributed by atoms with Gasteiger partial charge in [-0.15, -0.1) is 24.8 Å². The van der Waals surface area contributed by atoms with Crippen LogP contribution in [0.3, 0.4) is 0 Å². The summed E-state index contributed by atoms with van der Waals surface area (Å²) < 4.78 is 0. The van der Waals surface area contributed by atoms with Crippen LogP contribution in [-0.4, -0.2) is 36.0 Å². The first-order valence-corrected chi connectivity index (χ1v) is 7.19. The molecule has 2 fully saturated rings. The van der Waals surface area contributed by atoms with Gasteiger partial charge in [0.15, 0.2) is 11.9 Å². The molecular weight excluding hydrogens is 297 g/mol. The SMILES string of the molecule is Cl.Cl.N=C(NC(N)=NC1CCCCC1)N1CCCCC1. The molecule has 0 amide bonds. The fourth-order valence-corrected chi connectivity index (χ4v) is 2.76. The minimum Gasteiger partial charge on any atom is -0.370 e. The Kier molecular flexibility index (Phi) is 9.76. The number of guanidine groups is 2. The standard InChI is InChI=1S/C13H25N5.2ClH/c14-12(16-11-7-3-1-4-8-11)17-13(15)18-9-5-2-6-10-18;;/h11H,1-10H2,(H4,14,15,16,17);2*1H. The Labute approximate surface area is 134 Å². The molecule has 20 heavy (non-hydrogen) atoms. The number of hydrogen-bond donors (Lipinski definition) is 3. The molecule has 7 heteroatoms. The number of hydrogen-bond acceptors (Lipinski definition) is 2. The second kappa shape index (κ2) is 10.1. The van der Waals surface area contributed by atoms with Crippen molar-refractivity contribution >= 4 is 36.7 Å². The summed E-state index contributed by atoms with van der Waals surface area (Å²) in [7, 11) is 0. The Hall–Kier alpha value is -0.680. The molecule has 1 saturated carbocycles. The number of nitrogens with two attached hydrogens (primary N) is 1. The molecule has 0 bridgehead atoms. The average molecular weight is 324 g/mol. The molecule has 0 aromatic carbocycles. The maximum absolute atomic E-state index is 7.98. The van der Waals surface area contributed by atoms with Gasteiger partial charge in [-0.3, -0.25) is 10.7 Å². The summed E-state index contributed by atoms with van der Waals surface area (Å²) >= 11 is 0. The Morgan fingerprint density at radius 3 is 2.15 bits per heavy atom. The Balaban J connectivity index is 0.00000180. The van der Waals surface area contributed by atoms with Crippen molar-refractivity contribution in [2.75, 3.05) is 13.1 Å². The van der Waals surface area contributed by atoms with Crippen LogP contribution in [0.15, 0.2) is 4.99 Å². The highest BCUT2D eigenvalue weighted by Gasteiger charge is 2.15. The lowest BCUT2D eigenvalue weighted by molar-refractivity contribution is 0.334. The van der Waals surface area contributed by atoms with Gasteiger partial charge in [-0.05, 0) is 32.1 Å². The number of nitrogens with zero attached hydrogens (tertiary/aromatic N) is 2. The third-order valence-electron chi connectivity index (χ3n) is 3.82. The van der Waals surface area contributed by atoms with E-state index >= 15 is 0 Å². The molecule has 0 atom stereocenters. The van der Waals surface area contributed by atoms with Crippen LogP contribution in [0.2, 0.25) is 0 Å². The maximum atomic E-state index is 7.98. The summed E-state index contributed by atoms with van der Waals surface area (Å²) in [5.74, 6) is 0.823. The van der Waals surface area contributed by atoms with Gasteiger partial charge in [0.25, 0.3) is 0 Å². The highest BCUT2D eigenvalue weighted by Crippen LogP contribution is 2.19. The summed E-state index contributed by atoms with van der Waals surface area (Å²) in [6, 6.07) is 0.361. The molecule has 0 aromatic rings. The number of rotatable bonds is 1. The zero-order valence-corrected chi connectivity index (χ0v) is 13.6. The predicted molar refractivity (Wildman–Crippen MR) is 89.3 cm³/mol. The Bertz CT molecular complexity index is 310. The topological polar surface area (TPSA) is 77.5 Å².